The molecular formula is C21H23NO3S. The Morgan fingerprint density at radius 3 is 2.62 bits per heavy atom. The first-order chi connectivity index (χ1) is 12.2. The SMILES string of the molecule is C#Cc1ccccc1N(C=C=C)S(=O)(=O)C[C@]12CC[C@H](CC1=O)C2(C)C. The van der Waals surface area contributed by atoms with Crippen LogP contribution in [0.3, 0.4) is 0 Å². The number of carbonyl (C=O) groups excluding carboxylic acids is 1. The fourth-order valence-electron chi connectivity index (χ4n) is 4.66. The molecular weight excluding hydrogens is 346 g/mol. The molecule has 2 saturated carbocycles. The summed E-state index contributed by atoms with van der Waals surface area (Å²) in [5, 5.41) is 0. The van der Waals surface area contributed by atoms with Crippen LogP contribution >= 0.6 is 0 Å². The van der Waals surface area contributed by atoms with Gasteiger partial charge in [0.05, 0.1) is 23.1 Å². The Bertz CT molecular complexity index is 948. The Kier molecular flexibility index (Phi) is 4.38. The van der Waals surface area contributed by atoms with Gasteiger partial charge in [0.2, 0.25) is 10.0 Å². The highest BCUT2D eigenvalue weighted by molar-refractivity contribution is 7.93. The fraction of sp³-hybridized carbons (Fsp3) is 0.429. The number of sulfonamides is 1. The van der Waals surface area contributed by atoms with Crippen molar-refractivity contribution in [2.45, 2.75) is 33.1 Å². The topological polar surface area (TPSA) is 54.5 Å². The van der Waals surface area contributed by atoms with Gasteiger partial charge in [-0.1, -0.05) is 38.5 Å². The summed E-state index contributed by atoms with van der Waals surface area (Å²) in [7, 11) is -3.84. The van der Waals surface area contributed by atoms with Gasteiger partial charge in [-0.3, -0.25) is 4.79 Å². The summed E-state index contributed by atoms with van der Waals surface area (Å²) in [5.41, 5.74) is 2.21. The number of rotatable bonds is 5. The van der Waals surface area contributed by atoms with Crippen LogP contribution in [0.15, 0.2) is 42.8 Å². The molecule has 0 aliphatic heterocycles. The van der Waals surface area contributed by atoms with Gasteiger partial charge in [0, 0.05) is 12.0 Å². The fourth-order valence-corrected chi connectivity index (χ4v) is 6.79. The lowest BCUT2D eigenvalue weighted by atomic mass is 9.70. The quantitative estimate of drug-likeness (QED) is 0.590. The minimum absolute atomic E-state index is 0.0649. The van der Waals surface area contributed by atoms with E-state index in [0.717, 1.165) is 10.7 Å². The second-order valence-corrected chi connectivity index (χ2v) is 9.56. The van der Waals surface area contributed by atoms with Crippen molar-refractivity contribution in [2.24, 2.45) is 16.7 Å². The second-order valence-electron chi connectivity index (χ2n) is 7.71. The molecule has 0 N–H and O–H groups in total. The molecule has 0 saturated heterocycles. The van der Waals surface area contributed by atoms with Crippen LogP contribution in [-0.2, 0) is 14.8 Å². The van der Waals surface area contributed by atoms with Crippen molar-refractivity contribution < 1.29 is 13.2 Å². The predicted octanol–water partition coefficient (Wildman–Crippen LogP) is 3.50. The Morgan fingerprint density at radius 1 is 1.38 bits per heavy atom. The minimum atomic E-state index is -3.84. The van der Waals surface area contributed by atoms with Crippen LogP contribution in [0, 0.1) is 29.1 Å². The van der Waals surface area contributed by atoms with Crippen LogP contribution in [0.1, 0.15) is 38.7 Å². The molecule has 2 fully saturated rings. The summed E-state index contributed by atoms with van der Waals surface area (Å²) in [4.78, 5) is 12.7. The largest absolute Gasteiger partial charge is 0.299 e. The van der Waals surface area contributed by atoms with Crippen molar-refractivity contribution in [3.05, 3.63) is 48.3 Å². The smallest absolute Gasteiger partial charge is 0.240 e. The van der Waals surface area contributed by atoms with Crippen molar-refractivity contribution in [1.29, 1.82) is 0 Å². The molecule has 2 aliphatic carbocycles. The first-order valence-electron chi connectivity index (χ1n) is 8.66. The first-order valence-corrected chi connectivity index (χ1v) is 10.3. The van der Waals surface area contributed by atoms with Crippen molar-refractivity contribution in [3.8, 4) is 12.3 Å². The molecule has 0 heterocycles. The lowest BCUT2D eigenvalue weighted by molar-refractivity contribution is -0.128. The molecule has 3 rings (SSSR count). The highest BCUT2D eigenvalue weighted by Crippen LogP contribution is 2.64. The molecule has 26 heavy (non-hydrogen) atoms. The summed E-state index contributed by atoms with van der Waals surface area (Å²) in [6.07, 6.45) is 8.80. The number of nitrogens with zero attached hydrogens (tertiary/aromatic N) is 1. The molecule has 5 heteroatoms. The van der Waals surface area contributed by atoms with Gasteiger partial charge in [-0.2, -0.15) is 0 Å². The number of ketones is 1. The number of Topliss-reactive ketones (excluding diaryl/α,β-unsaturated/α-hetero) is 1. The van der Waals surface area contributed by atoms with Crippen LogP contribution in [0.4, 0.5) is 5.69 Å². The molecule has 2 bridgehead atoms. The van der Waals surface area contributed by atoms with Crippen LogP contribution in [-0.4, -0.2) is 20.0 Å². The first kappa shape index (κ1) is 18.5. The number of para-hydroxylation sites is 1. The van der Waals surface area contributed by atoms with Gasteiger partial charge in [-0.25, -0.2) is 12.7 Å². The zero-order valence-electron chi connectivity index (χ0n) is 15.2. The van der Waals surface area contributed by atoms with Gasteiger partial charge in [0.15, 0.2) is 0 Å². The third-order valence-electron chi connectivity index (χ3n) is 6.37. The van der Waals surface area contributed by atoms with E-state index in [9.17, 15) is 13.2 Å². The molecule has 136 valence electrons. The maximum absolute atomic E-state index is 13.4. The molecule has 0 unspecified atom stereocenters. The maximum Gasteiger partial charge on any atom is 0.240 e. The van der Waals surface area contributed by atoms with E-state index in [1.165, 1.54) is 6.20 Å². The zero-order valence-corrected chi connectivity index (χ0v) is 16.0. The molecule has 1 aromatic carbocycles. The van der Waals surface area contributed by atoms with E-state index in [4.69, 9.17) is 6.42 Å². The lowest BCUT2D eigenvalue weighted by Crippen LogP contribution is -2.45. The number of benzene rings is 1. The number of carbonyl (C=O) groups is 1. The third-order valence-corrected chi connectivity index (χ3v) is 8.13. The van der Waals surface area contributed by atoms with Crippen LogP contribution < -0.4 is 4.31 Å². The normalized spacial score (nSPS) is 26.2. The molecule has 4 nitrogen and oxygen atoms in total. The molecule has 0 spiro atoms. The standard InChI is InChI=1S/C21H23NO3S/c1-5-13-22(18-10-8-7-9-16(18)6-2)26(24,25)15-21-12-11-17(14-19(21)23)20(21,3)4/h2,7-10,13,17H,1,11-12,14-15H2,3-4H3/t17-,21-/m1/s1. The summed E-state index contributed by atoms with van der Waals surface area (Å²) in [6, 6.07) is 6.82. The number of terminal acetylenes is 1. The number of hydrogen-bond donors (Lipinski definition) is 0. The van der Waals surface area contributed by atoms with E-state index in [1.54, 1.807) is 24.3 Å². The molecule has 0 amide bonds. The van der Waals surface area contributed by atoms with E-state index in [0.29, 0.717) is 24.1 Å². The van der Waals surface area contributed by atoms with E-state index < -0.39 is 15.4 Å². The zero-order chi connectivity index (χ0) is 19.2. The maximum atomic E-state index is 13.4. The van der Waals surface area contributed by atoms with E-state index in [-0.39, 0.29) is 22.9 Å². The number of fused-ring (bicyclic) bond motifs is 2. The van der Waals surface area contributed by atoms with Crippen molar-refractivity contribution in [1.82, 2.24) is 0 Å². The Balaban J connectivity index is 2.07. The van der Waals surface area contributed by atoms with E-state index >= 15 is 0 Å². The predicted molar refractivity (Wildman–Crippen MR) is 103 cm³/mol. The highest BCUT2D eigenvalue weighted by Gasteiger charge is 2.65. The minimum Gasteiger partial charge on any atom is -0.299 e. The Hall–Kier alpha value is -2.28. The van der Waals surface area contributed by atoms with Crippen molar-refractivity contribution >= 4 is 21.5 Å². The van der Waals surface area contributed by atoms with E-state index in [1.807, 2.05) is 13.8 Å². The summed E-state index contributed by atoms with van der Waals surface area (Å²) >= 11 is 0. The lowest BCUT2D eigenvalue weighted by Gasteiger charge is -2.37. The third kappa shape index (κ3) is 2.53. The molecule has 2 aliphatic rings. The van der Waals surface area contributed by atoms with Gasteiger partial charge >= 0.3 is 0 Å². The summed E-state index contributed by atoms with van der Waals surface area (Å²) in [6.45, 7) is 7.55. The van der Waals surface area contributed by atoms with Gasteiger partial charge in [-0.15, -0.1) is 12.2 Å². The van der Waals surface area contributed by atoms with Gasteiger partial charge in [0.1, 0.15) is 5.78 Å². The number of anilines is 1. The monoisotopic (exact) mass is 369 g/mol. The van der Waals surface area contributed by atoms with Crippen LogP contribution in [0.5, 0.6) is 0 Å². The highest BCUT2D eigenvalue weighted by atomic mass is 32.2. The molecule has 1 aromatic rings. The van der Waals surface area contributed by atoms with Gasteiger partial charge in [0.25, 0.3) is 0 Å². The van der Waals surface area contributed by atoms with Gasteiger partial charge in [-0.05, 0) is 36.3 Å². The average molecular weight is 369 g/mol. The molecule has 0 aromatic heterocycles. The second kappa shape index (κ2) is 6.16. The average Bonchev–Trinajstić information content (AvgIpc) is 2.93. The van der Waals surface area contributed by atoms with Crippen LogP contribution in [0.25, 0.3) is 0 Å². The van der Waals surface area contributed by atoms with Crippen molar-refractivity contribution in [2.75, 3.05) is 10.1 Å². The summed E-state index contributed by atoms with van der Waals surface area (Å²) < 4.78 is 27.9. The Labute approximate surface area is 155 Å². The number of hydrogen-bond acceptors (Lipinski definition) is 3. The molecule has 2 atom stereocenters. The van der Waals surface area contributed by atoms with Crippen molar-refractivity contribution in [3.63, 3.8) is 0 Å². The van der Waals surface area contributed by atoms with E-state index in [2.05, 4.69) is 18.2 Å². The molecule has 0 radical (unpaired) electrons. The summed E-state index contributed by atoms with van der Waals surface area (Å²) in [5.74, 6) is 2.61. The van der Waals surface area contributed by atoms with Gasteiger partial charge < -0.3 is 0 Å². The van der Waals surface area contributed by atoms with Crippen LogP contribution in [0.2, 0.25) is 0 Å². The Morgan fingerprint density at radius 2 is 2.08 bits per heavy atom.